The molecule has 0 atom stereocenters. The molecule has 1 amide bonds. The molecule has 0 unspecified atom stereocenters. The molecular formula is C19H26BNO4. The van der Waals surface area contributed by atoms with Gasteiger partial charge < -0.3 is 18.9 Å². The van der Waals surface area contributed by atoms with Crippen molar-refractivity contribution in [2.45, 2.75) is 38.9 Å². The van der Waals surface area contributed by atoms with Crippen molar-refractivity contribution in [2.24, 2.45) is 0 Å². The van der Waals surface area contributed by atoms with Crippen LogP contribution in [0.15, 0.2) is 30.2 Å². The number of carbonyl (C=O) groups excluding carboxylic acids is 1. The molecule has 0 N–H and O–H groups in total. The number of ether oxygens (including phenoxy) is 1. The molecule has 0 spiro atoms. The highest BCUT2D eigenvalue weighted by atomic mass is 16.7. The third-order valence-corrected chi connectivity index (χ3v) is 5.15. The highest BCUT2D eigenvalue weighted by Gasteiger charge is 2.49. The highest BCUT2D eigenvalue weighted by Crippen LogP contribution is 2.37. The van der Waals surface area contributed by atoms with E-state index in [0.29, 0.717) is 31.9 Å². The molecule has 2 heterocycles. The zero-order chi connectivity index (χ0) is 18.1. The number of benzene rings is 1. The second-order valence-corrected chi connectivity index (χ2v) is 7.51. The van der Waals surface area contributed by atoms with Gasteiger partial charge in [-0.2, -0.15) is 0 Å². The average molecular weight is 343 g/mol. The summed E-state index contributed by atoms with van der Waals surface area (Å²) < 4.78 is 17.2. The van der Waals surface area contributed by atoms with Crippen molar-refractivity contribution in [2.75, 3.05) is 26.3 Å². The van der Waals surface area contributed by atoms with Gasteiger partial charge in [0.2, 0.25) is 0 Å². The molecule has 5 nitrogen and oxygen atoms in total. The van der Waals surface area contributed by atoms with E-state index in [1.807, 2.05) is 68.9 Å². The van der Waals surface area contributed by atoms with Crippen LogP contribution < -0.4 is 0 Å². The Morgan fingerprint density at radius 2 is 1.76 bits per heavy atom. The number of morpholine rings is 1. The van der Waals surface area contributed by atoms with Crippen molar-refractivity contribution in [3.05, 3.63) is 41.4 Å². The fourth-order valence-electron chi connectivity index (χ4n) is 2.88. The Labute approximate surface area is 150 Å². The Morgan fingerprint density at radius 3 is 2.40 bits per heavy atom. The van der Waals surface area contributed by atoms with Gasteiger partial charge in [0.25, 0.3) is 5.91 Å². The van der Waals surface area contributed by atoms with E-state index in [9.17, 15) is 4.79 Å². The molecule has 25 heavy (non-hydrogen) atoms. The lowest BCUT2D eigenvalue weighted by molar-refractivity contribution is 0.00578. The van der Waals surface area contributed by atoms with Gasteiger partial charge in [0, 0.05) is 18.7 Å². The number of nitrogens with zero attached hydrogens (tertiary/aromatic N) is 1. The van der Waals surface area contributed by atoms with Gasteiger partial charge in [-0.3, -0.25) is 4.79 Å². The normalized spacial score (nSPS) is 22.6. The minimum atomic E-state index is -0.386. The van der Waals surface area contributed by atoms with E-state index in [1.165, 1.54) is 0 Å². The largest absolute Gasteiger partial charge is 0.487 e. The molecule has 0 saturated carbocycles. The first kappa shape index (κ1) is 18.2. The monoisotopic (exact) mass is 343 g/mol. The first-order valence-corrected chi connectivity index (χ1v) is 8.79. The first-order valence-electron chi connectivity index (χ1n) is 8.79. The molecule has 0 aromatic heterocycles. The van der Waals surface area contributed by atoms with E-state index in [-0.39, 0.29) is 24.2 Å². The molecule has 0 radical (unpaired) electrons. The van der Waals surface area contributed by atoms with Crippen molar-refractivity contribution >= 4 is 19.1 Å². The number of carbonyl (C=O) groups is 1. The average Bonchev–Trinajstić information content (AvgIpc) is 2.80. The van der Waals surface area contributed by atoms with Crippen LogP contribution in [0.5, 0.6) is 0 Å². The summed E-state index contributed by atoms with van der Waals surface area (Å²) in [6.07, 6.45) is 1.94. The molecule has 6 heteroatoms. The lowest BCUT2D eigenvalue weighted by Gasteiger charge is -2.32. The van der Waals surface area contributed by atoms with Crippen molar-refractivity contribution < 1.29 is 18.8 Å². The molecule has 1 aromatic rings. The second-order valence-electron chi connectivity index (χ2n) is 7.51. The molecular weight excluding hydrogens is 317 g/mol. The molecule has 2 saturated heterocycles. The summed E-state index contributed by atoms with van der Waals surface area (Å²) in [5.74, 6) is 1.95. The molecule has 2 fully saturated rings. The fraction of sp³-hybridized carbons (Fsp3) is 0.526. The Balaban J connectivity index is 1.69. The molecule has 134 valence electrons. The number of amides is 1. The summed E-state index contributed by atoms with van der Waals surface area (Å²) in [5, 5.41) is 0. The van der Waals surface area contributed by atoms with Crippen molar-refractivity contribution in [1.82, 2.24) is 4.90 Å². The third kappa shape index (κ3) is 3.97. The summed E-state index contributed by atoms with van der Waals surface area (Å²) >= 11 is 0. The smallest absolute Gasteiger partial charge is 0.400 e. The zero-order valence-electron chi connectivity index (χ0n) is 15.5. The van der Waals surface area contributed by atoms with Gasteiger partial charge in [0.05, 0.1) is 24.4 Å². The van der Waals surface area contributed by atoms with Gasteiger partial charge in [-0.25, -0.2) is 0 Å². The minimum absolute atomic E-state index is 0.0502. The summed E-state index contributed by atoms with van der Waals surface area (Å²) in [7, 11) is -0.386. The van der Waals surface area contributed by atoms with Crippen LogP contribution in [0.4, 0.5) is 0 Å². The third-order valence-electron chi connectivity index (χ3n) is 5.15. The predicted molar refractivity (Wildman–Crippen MR) is 98.3 cm³/mol. The standard InChI is InChI=1S/C19H26BNO4/c1-18(2)19(3,4)25-20(24-18)9-8-15-6-5-7-16(14-15)17(22)21-10-12-23-13-11-21/h5-9,14H,10-13H2,1-4H3/b9-8+. The maximum Gasteiger partial charge on any atom is 0.487 e. The van der Waals surface area contributed by atoms with Crippen molar-refractivity contribution in [3.63, 3.8) is 0 Å². The van der Waals surface area contributed by atoms with E-state index in [1.54, 1.807) is 0 Å². The van der Waals surface area contributed by atoms with Crippen LogP contribution in [0.25, 0.3) is 6.08 Å². The van der Waals surface area contributed by atoms with Crippen molar-refractivity contribution in [1.29, 1.82) is 0 Å². The Kier molecular flexibility index (Phi) is 5.05. The maximum atomic E-state index is 12.6. The molecule has 1 aromatic carbocycles. The zero-order valence-corrected chi connectivity index (χ0v) is 15.5. The summed E-state index contributed by atoms with van der Waals surface area (Å²) in [5.41, 5.74) is 0.943. The van der Waals surface area contributed by atoms with Gasteiger partial charge in [-0.1, -0.05) is 24.2 Å². The molecule has 0 aliphatic carbocycles. The van der Waals surface area contributed by atoms with Gasteiger partial charge in [0.1, 0.15) is 0 Å². The predicted octanol–water partition coefficient (Wildman–Crippen LogP) is 2.80. The lowest BCUT2D eigenvalue weighted by Crippen LogP contribution is -2.41. The van der Waals surface area contributed by atoms with Crippen LogP contribution in [0, 0.1) is 0 Å². The number of hydrogen-bond donors (Lipinski definition) is 0. The van der Waals surface area contributed by atoms with Gasteiger partial charge >= 0.3 is 7.12 Å². The Hall–Kier alpha value is -1.63. The first-order chi connectivity index (χ1) is 11.8. The van der Waals surface area contributed by atoms with E-state index >= 15 is 0 Å². The molecule has 2 aliphatic rings. The van der Waals surface area contributed by atoms with Crippen LogP contribution in [-0.2, 0) is 14.0 Å². The van der Waals surface area contributed by atoms with E-state index < -0.39 is 0 Å². The second kappa shape index (κ2) is 6.94. The number of rotatable bonds is 3. The SMILES string of the molecule is CC1(C)OB(/C=C/c2cccc(C(=O)N3CCOCC3)c2)OC1(C)C. The van der Waals surface area contributed by atoms with Crippen LogP contribution >= 0.6 is 0 Å². The van der Waals surface area contributed by atoms with Gasteiger partial charge in [-0.05, 0) is 45.4 Å². The van der Waals surface area contributed by atoms with Crippen LogP contribution in [0.2, 0.25) is 0 Å². The quantitative estimate of drug-likeness (QED) is 0.792. The molecule has 0 bridgehead atoms. The number of hydrogen-bond acceptors (Lipinski definition) is 4. The molecule has 3 rings (SSSR count). The van der Waals surface area contributed by atoms with Crippen LogP contribution in [0.1, 0.15) is 43.6 Å². The fourth-order valence-corrected chi connectivity index (χ4v) is 2.88. The highest BCUT2D eigenvalue weighted by molar-refractivity contribution is 6.52. The summed E-state index contributed by atoms with van der Waals surface area (Å²) in [6, 6.07) is 7.62. The van der Waals surface area contributed by atoms with Crippen LogP contribution in [-0.4, -0.2) is 55.4 Å². The van der Waals surface area contributed by atoms with Gasteiger partial charge in [-0.15, -0.1) is 0 Å². The topological polar surface area (TPSA) is 48.0 Å². The van der Waals surface area contributed by atoms with Gasteiger partial charge in [0.15, 0.2) is 0 Å². The lowest BCUT2D eigenvalue weighted by atomic mass is 9.89. The maximum absolute atomic E-state index is 12.6. The molecule has 2 aliphatic heterocycles. The Bertz CT molecular complexity index is 649. The van der Waals surface area contributed by atoms with E-state index in [4.69, 9.17) is 14.0 Å². The summed E-state index contributed by atoms with van der Waals surface area (Å²) in [4.78, 5) is 14.4. The van der Waals surface area contributed by atoms with E-state index in [0.717, 1.165) is 5.56 Å². The Morgan fingerprint density at radius 1 is 1.12 bits per heavy atom. The van der Waals surface area contributed by atoms with Crippen LogP contribution in [0.3, 0.4) is 0 Å². The van der Waals surface area contributed by atoms with E-state index in [2.05, 4.69) is 0 Å². The van der Waals surface area contributed by atoms with Crippen molar-refractivity contribution in [3.8, 4) is 0 Å². The minimum Gasteiger partial charge on any atom is -0.400 e. The summed E-state index contributed by atoms with van der Waals surface area (Å²) in [6.45, 7) is 10.6.